The van der Waals surface area contributed by atoms with Crippen molar-refractivity contribution in [2.75, 3.05) is 19.5 Å². The molecule has 0 aliphatic rings. The van der Waals surface area contributed by atoms with Gasteiger partial charge in [-0.1, -0.05) is 6.07 Å². The van der Waals surface area contributed by atoms with Crippen LogP contribution in [0.2, 0.25) is 0 Å². The van der Waals surface area contributed by atoms with Crippen molar-refractivity contribution in [2.24, 2.45) is 0 Å². The highest BCUT2D eigenvalue weighted by Gasteiger charge is 2.15. The summed E-state index contributed by atoms with van der Waals surface area (Å²) in [5.41, 5.74) is 0.665. The van der Waals surface area contributed by atoms with Crippen LogP contribution in [0.25, 0.3) is 0 Å². The Hall–Kier alpha value is -2.41. The number of methoxy groups -OCH3 is 1. The zero-order chi connectivity index (χ0) is 17.0. The number of carbonyl (C=O) groups excluding carboxylic acids is 2. The third-order valence-corrected chi connectivity index (χ3v) is 4.09. The van der Waals surface area contributed by atoms with E-state index in [0.29, 0.717) is 15.4 Å². The lowest BCUT2D eigenvalue weighted by Gasteiger charge is -2.16. The molecule has 0 aliphatic carbocycles. The highest BCUT2D eigenvalue weighted by Crippen LogP contribution is 2.24. The first-order valence-electron chi connectivity index (χ1n) is 6.86. The Morgan fingerprint density at radius 2 is 2.04 bits per heavy atom. The van der Waals surface area contributed by atoms with Crippen molar-refractivity contribution in [1.29, 1.82) is 0 Å². The van der Waals surface area contributed by atoms with Gasteiger partial charge in [-0.05, 0) is 29.8 Å². The molecule has 1 aromatic carbocycles. The minimum absolute atomic E-state index is 0.168. The summed E-state index contributed by atoms with van der Waals surface area (Å²) in [7, 11) is 3.04. The average Bonchev–Trinajstić information content (AvgIpc) is 2.94. The summed E-state index contributed by atoms with van der Waals surface area (Å²) in [6.07, 6.45) is 0. The molecule has 7 heteroatoms. The van der Waals surface area contributed by atoms with Gasteiger partial charge in [0, 0.05) is 20.5 Å². The normalized spacial score (nSPS) is 10.3. The van der Waals surface area contributed by atoms with Gasteiger partial charge in [0.2, 0.25) is 5.91 Å². The number of nitrogens with one attached hydrogen (secondary N) is 1. The van der Waals surface area contributed by atoms with Crippen molar-refractivity contribution in [3.63, 3.8) is 0 Å². The molecular weight excluding hydrogens is 319 g/mol. The third kappa shape index (κ3) is 4.29. The van der Waals surface area contributed by atoms with Crippen LogP contribution in [0.3, 0.4) is 0 Å². The van der Waals surface area contributed by atoms with Crippen molar-refractivity contribution < 1.29 is 18.7 Å². The van der Waals surface area contributed by atoms with E-state index >= 15 is 0 Å². The van der Waals surface area contributed by atoms with Crippen LogP contribution < -0.4 is 10.1 Å². The van der Waals surface area contributed by atoms with Gasteiger partial charge in [-0.25, -0.2) is 4.39 Å². The molecule has 1 N–H and O–H groups in total. The SMILES string of the molecule is COc1ccc(CN(C)C(=O)c2ccc(NC(C)=O)s2)cc1F. The van der Waals surface area contributed by atoms with Gasteiger partial charge in [-0.2, -0.15) is 0 Å². The van der Waals surface area contributed by atoms with E-state index in [1.54, 1.807) is 25.2 Å². The second-order valence-electron chi connectivity index (χ2n) is 4.98. The van der Waals surface area contributed by atoms with Crippen molar-refractivity contribution in [3.8, 4) is 5.75 Å². The first-order valence-corrected chi connectivity index (χ1v) is 7.67. The number of benzene rings is 1. The molecule has 0 atom stereocenters. The van der Waals surface area contributed by atoms with Crippen LogP contribution in [0, 0.1) is 5.82 Å². The van der Waals surface area contributed by atoms with Crippen molar-refractivity contribution in [3.05, 3.63) is 46.6 Å². The molecule has 1 heterocycles. The Kier molecular flexibility index (Phi) is 5.33. The van der Waals surface area contributed by atoms with E-state index in [1.165, 1.54) is 42.4 Å². The third-order valence-electron chi connectivity index (χ3n) is 3.10. The summed E-state index contributed by atoms with van der Waals surface area (Å²) in [5.74, 6) is -0.674. The molecule has 0 spiro atoms. The Balaban J connectivity index is 2.06. The fourth-order valence-corrected chi connectivity index (χ4v) is 2.98. The van der Waals surface area contributed by atoms with Crippen LogP contribution in [-0.4, -0.2) is 30.9 Å². The second-order valence-corrected chi connectivity index (χ2v) is 6.06. The first-order chi connectivity index (χ1) is 10.9. The predicted octanol–water partition coefficient (Wildman–Crippen LogP) is 3.13. The van der Waals surface area contributed by atoms with Gasteiger partial charge in [0.05, 0.1) is 17.0 Å². The van der Waals surface area contributed by atoms with Gasteiger partial charge < -0.3 is 15.0 Å². The van der Waals surface area contributed by atoms with Crippen LogP contribution in [-0.2, 0) is 11.3 Å². The maximum atomic E-state index is 13.7. The number of hydrogen-bond acceptors (Lipinski definition) is 4. The number of nitrogens with zero attached hydrogens (tertiary/aromatic N) is 1. The molecule has 0 aliphatic heterocycles. The number of hydrogen-bond donors (Lipinski definition) is 1. The minimum Gasteiger partial charge on any atom is -0.494 e. The van der Waals surface area contributed by atoms with Gasteiger partial charge in [0.25, 0.3) is 5.91 Å². The van der Waals surface area contributed by atoms with Crippen LogP contribution in [0.15, 0.2) is 30.3 Å². The van der Waals surface area contributed by atoms with Gasteiger partial charge >= 0.3 is 0 Å². The molecule has 2 rings (SSSR count). The monoisotopic (exact) mass is 336 g/mol. The summed E-state index contributed by atoms with van der Waals surface area (Å²) >= 11 is 1.20. The molecule has 0 bridgehead atoms. The summed E-state index contributed by atoms with van der Waals surface area (Å²) in [5, 5.41) is 3.25. The average molecular weight is 336 g/mol. The lowest BCUT2D eigenvalue weighted by molar-refractivity contribution is -0.114. The lowest BCUT2D eigenvalue weighted by atomic mass is 10.2. The van der Waals surface area contributed by atoms with Crippen LogP contribution in [0.5, 0.6) is 5.75 Å². The number of carbonyl (C=O) groups is 2. The summed E-state index contributed by atoms with van der Waals surface area (Å²) in [6.45, 7) is 1.68. The molecule has 0 fully saturated rings. The fourth-order valence-electron chi connectivity index (χ4n) is 2.04. The molecule has 0 saturated carbocycles. The number of ether oxygens (including phenoxy) is 1. The lowest BCUT2D eigenvalue weighted by Crippen LogP contribution is -2.25. The van der Waals surface area contributed by atoms with Gasteiger partial charge in [0.15, 0.2) is 11.6 Å². The Morgan fingerprint density at radius 1 is 1.30 bits per heavy atom. The number of rotatable bonds is 5. The molecule has 0 radical (unpaired) electrons. The Morgan fingerprint density at radius 3 is 2.65 bits per heavy atom. The van der Waals surface area contributed by atoms with Gasteiger partial charge in [-0.15, -0.1) is 11.3 Å². The molecule has 122 valence electrons. The first kappa shape index (κ1) is 17.0. The second kappa shape index (κ2) is 7.23. The number of halogens is 1. The van der Waals surface area contributed by atoms with Crippen LogP contribution >= 0.6 is 11.3 Å². The standard InChI is InChI=1S/C16H17FN2O3S/c1-10(20)18-15-7-6-14(23-15)16(21)19(2)9-11-4-5-13(22-3)12(17)8-11/h4-8H,9H2,1-3H3,(H,18,20). The summed E-state index contributed by atoms with van der Waals surface area (Å²) in [4.78, 5) is 25.4. The maximum absolute atomic E-state index is 13.7. The molecule has 2 aromatic rings. The van der Waals surface area contributed by atoms with E-state index in [-0.39, 0.29) is 24.1 Å². The van der Waals surface area contributed by atoms with E-state index in [4.69, 9.17) is 4.74 Å². The fraction of sp³-hybridized carbons (Fsp3) is 0.250. The minimum atomic E-state index is -0.463. The summed E-state index contributed by atoms with van der Waals surface area (Å²) < 4.78 is 18.6. The molecule has 0 saturated heterocycles. The van der Waals surface area contributed by atoms with E-state index < -0.39 is 5.82 Å². The van der Waals surface area contributed by atoms with Gasteiger partial charge in [-0.3, -0.25) is 9.59 Å². The maximum Gasteiger partial charge on any atom is 0.264 e. The number of thiophene rings is 1. The van der Waals surface area contributed by atoms with Crippen molar-refractivity contribution >= 4 is 28.2 Å². The predicted molar refractivity (Wildman–Crippen MR) is 87.4 cm³/mol. The number of anilines is 1. The zero-order valence-electron chi connectivity index (χ0n) is 13.1. The molecule has 23 heavy (non-hydrogen) atoms. The Bertz CT molecular complexity index is 730. The van der Waals surface area contributed by atoms with E-state index in [2.05, 4.69) is 5.32 Å². The highest BCUT2D eigenvalue weighted by molar-refractivity contribution is 7.18. The van der Waals surface area contributed by atoms with Crippen molar-refractivity contribution in [2.45, 2.75) is 13.5 Å². The zero-order valence-corrected chi connectivity index (χ0v) is 13.9. The topological polar surface area (TPSA) is 58.6 Å². The van der Waals surface area contributed by atoms with E-state index in [0.717, 1.165) is 0 Å². The quantitative estimate of drug-likeness (QED) is 0.912. The molecular formula is C16H17FN2O3S. The van der Waals surface area contributed by atoms with Crippen LogP contribution in [0.4, 0.5) is 9.39 Å². The molecule has 1 aromatic heterocycles. The molecule has 2 amide bonds. The Labute approximate surface area is 137 Å². The van der Waals surface area contributed by atoms with E-state index in [1.807, 2.05) is 0 Å². The van der Waals surface area contributed by atoms with E-state index in [9.17, 15) is 14.0 Å². The molecule has 0 unspecified atom stereocenters. The highest BCUT2D eigenvalue weighted by atomic mass is 32.1. The number of amides is 2. The van der Waals surface area contributed by atoms with Gasteiger partial charge in [0.1, 0.15) is 0 Å². The molecule has 5 nitrogen and oxygen atoms in total. The smallest absolute Gasteiger partial charge is 0.264 e. The largest absolute Gasteiger partial charge is 0.494 e. The van der Waals surface area contributed by atoms with Crippen LogP contribution in [0.1, 0.15) is 22.2 Å². The summed E-state index contributed by atoms with van der Waals surface area (Å²) in [6, 6.07) is 7.93. The van der Waals surface area contributed by atoms with Crippen molar-refractivity contribution in [1.82, 2.24) is 4.90 Å².